The molecule has 1 saturated heterocycles. The van der Waals surface area contributed by atoms with Gasteiger partial charge in [0.25, 0.3) is 0 Å². The van der Waals surface area contributed by atoms with Gasteiger partial charge in [-0.05, 0) is 52.8 Å². The molecular formula is C21H30N4O4. The van der Waals surface area contributed by atoms with Crippen molar-refractivity contribution in [3.63, 3.8) is 0 Å². The van der Waals surface area contributed by atoms with Crippen LogP contribution in [-0.4, -0.2) is 66.2 Å². The van der Waals surface area contributed by atoms with E-state index in [0.717, 1.165) is 0 Å². The molecule has 2 amide bonds. The van der Waals surface area contributed by atoms with E-state index < -0.39 is 5.60 Å². The molecule has 2 rings (SSSR count). The Morgan fingerprint density at radius 3 is 2.34 bits per heavy atom. The molecule has 0 spiro atoms. The lowest BCUT2D eigenvalue weighted by Crippen LogP contribution is -2.52. The number of anilines is 1. The van der Waals surface area contributed by atoms with Gasteiger partial charge < -0.3 is 24.6 Å². The first-order valence-electron chi connectivity index (χ1n) is 9.79. The van der Waals surface area contributed by atoms with E-state index in [0.29, 0.717) is 43.2 Å². The van der Waals surface area contributed by atoms with Crippen molar-refractivity contribution in [2.75, 3.05) is 38.0 Å². The van der Waals surface area contributed by atoms with Gasteiger partial charge in [0.05, 0.1) is 30.0 Å². The van der Waals surface area contributed by atoms with Gasteiger partial charge in [0.2, 0.25) is 5.91 Å². The van der Waals surface area contributed by atoms with Gasteiger partial charge in [-0.1, -0.05) is 0 Å². The average Bonchev–Trinajstić information content (AvgIpc) is 2.65. The third kappa shape index (κ3) is 6.86. The maximum Gasteiger partial charge on any atom is 0.410 e. The minimum Gasteiger partial charge on any atom is -0.489 e. The van der Waals surface area contributed by atoms with E-state index in [9.17, 15) is 9.59 Å². The third-order valence-electron chi connectivity index (χ3n) is 4.19. The molecule has 1 aliphatic heterocycles. The number of nitrogens with zero attached hydrogens (tertiary/aromatic N) is 3. The van der Waals surface area contributed by atoms with Gasteiger partial charge in [0.1, 0.15) is 11.4 Å². The number of ether oxygens (including phenoxy) is 2. The molecule has 0 unspecified atom stereocenters. The Kier molecular flexibility index (Phi) is 7.32. The van der Waals surface area contributed by atoms with Gasteiger partial charge in [0.15, 0.2) is 0 Å². The molecule has 0 radical (unpaired) electrons. The van der Waals surface area contributed by atoms with E-state index in [-0.39, 0.29) is 24.6 Å². The SMILES string of the molecule is CC(C)Oc1ccc(C#N)cc1NCC(=O)N1CCN(C(=O)OC(C)(C)C)CC1. The van der Waals surface area contributed by atoms with Crippen LogP contribution in [0.1, 0.15) is 40.2 Å². The Bertz CT molecular complexity index is 772. The molecule has 1 aliphatic rings. The highest BCUT2D eigenvalue weighted by Crippen LogP contribution is 2.26. The van der Waals surface area contributed by atoms with Gasteiger partial charge in [-0.3, -0.25) is 4.79 Å². The summed E-state index contributed by atoms with van der Waals surface area (Å²) in [5, 5.41) is 12.2. The normalized spacial score (nSPS) is 14.4. The van der Waals surface area contributed by atoms with Gasteiger partial charge in [0, 0.05) is 26.2 Å². The average molecular weight is 402 g/mol. The second kappa shape index (κ2) is 9.50. The summed E-state index contributed by atoms with van der Waals surface area (Å²) >= 11 is 0. The van der Waals surface area contributed by atoms with Crippen LogP contribution in [0.25, 0.3) is 0 Å². The van der Waals surface area contributed by atoms with E-state index in [1.807, 2.05) is 34.6 Å². The molecule has 1 fully saturated rings. The highest BCUT2D eigenvalue weighted by atomic mass is 16.6. The van der Waals surface area contributed by atoms with Crippen molar-refractivity contribution in [1.29, 1.82) is 5.26 Å². The van der Waals surface area contributed by atoms with Crippen molar-refractivity contribution in [2.45, 2.75) is 46.3 Å². The van der Waals surface area contributed by atoms with E-state index in [4.69, 9.17) is 14.7 Å². The Balaban J connectivity index is 1.91. The van der Waals surface area contributed by atoms with Crippen LogP contribution in [0, 0.1) is 11.3 Å². The fourth-order valence-corrected chi connectivity index (χ4v) is 2.84. The lowest BCUT2D eigenvalue weighted by molar-refractivity contribution is -0.131. The molecule has 1 heterocycles. The molecule has 8 nitrogen and oxygen atoms in total. The summed E-state index contributed by atoms with van der Waals surface area (Å²) in [5.41, 5.74) is 0.558. The number of hydrogen-bond acceptors (Lipinski definition) is 6. The molecule has 1 aromatic carbocycles. The smallest absolute Gasteiger partial charge is 0.410 e. The predicted molar refractivity (Wildman–Crippen MR) is 110 cm³/mol. The van der Waals surface area contributed by atoms with Crippen molar-refractivity contribution in [3.8, 4) is 11.8 Å². The second-order valence-corrected chi connectivity index (χ2v) is 8.19. The lowest BCUT2D eigenvalue weighted by atomic mass is 10.2. The van der Waals surface area contributed by atoms with Crippen molar-refractivity contribution >= 4 is 17.7 Å². The summed E-state index contributed by atoms with van der Waals surface area (Å²) in [5.74, 6) is 0.522. The maximum atomic E-state index is 12.6. The summed E-state index contributed by atoms with van der Waals surface area (Å²) in [6.45, 7) is 11.2. The van der Waals surface area contributed by atoms with Crippen molar-refractivity contribution in [1.82, 2.24) is 9.80 Å². The lowest BCUT2D eigenvalue weighted by Gasteiger charge is -2.35. The number of piperazine rings is 1. The van der Waals surface area contributed by atoms with Gasteiger partial charge in [-0.2, -0.15) is 5.26 Å². The maximum absolute atomic E-state index is 12.6. The number of carbonyl (C=O) groups excluding carboxylic acids is 2. The van der Waals surface area contributed by atoms with Crippen LogP contribution in [0.15, 0.2) is 18.2 Å². The van der Waals surface area contributed by atoms with Crippen molar-refractivity contribution < 1.29 is 19.1 Å². The largest absolute Gasteiger partial charge is 0.489 e. The van der Waals surface area contributed by atoms with Gasteiger partial charge in [-0.25, -0.2) is 4.79 Å². The number of nitrogens with one attached hydrogen (secondary N) is 1. The Hall–Kier alpha value is -2.95. The van der Waals surface area contributed by atoms with Crippen LogP contribution in [0.5, 0.6) is 5.75 Å². The fourth-order valence-electron chi connectivity index (χ4n) is 2.84. The zero-order valence-electron chi connectivity index (χ0n) is 17.8. The van der Waals surface area contributed by atoms with Crippen LogP contribution >= 0.6 is 0 Å². The summed E-state index contributed by atoms with van der Waals surface area (Å²) in [7, 11) is 0. The van der Waals surface area contributed by atoms with E-state index in [1.54, 1.807) is 28.0 Å². The Morgan fingerprint density at radius 2 is 1.79 bits per heavy atom. The van der Waals surface area contributed by atoms with Gasteiger partial charge in [-0.15, -0.1) is 0 Å². The van der Waals surface area contributed by atoms with Crippen LogP contribution in [0.3, 0.4) is 0 Å². The molecule has 158 valence electrons. The molecule has 29 heavy (non-hydrogen) atoms. The summed E-state index contributed by atoms with van der Waals surface area (Å²) in [6.07, 6.45) is -0.383. The van der Waals surface area contributed by atoms with Crippen LogP contribution in [0.4, 0.5) is 10.5 Å². The van der Waals surface area contributed by atoms with E-state index in [2.05, 4.69) is 11.4 Å². The molecule has 8 heteroatoms. The van der Waals surface area contributed by atoms with Crippen LogP contribution in [-0.2, 0) is 9.53 Å². The zero-order valence-corrected chi connectivity index (χ0v) is 17.8. The molecule has 0 aromatic heterocycles. The van der Waals surface area contributed by atoms with Crippen LogP contribution in [0.2, 0.25) is 0 Å². The first-order valence-corrected chi connectivity index (χ1v) is 9.79. The molecule has 0 saturated carbocycles. The summed E-state index contributed by atoms with van der Waals surface area (Å²) in [6, 6.07) is 7.17. The standard InChI is InChI=1S/C21H30N4O4/c1-15(2)28-18-7-6-16(13-22)12-17(18)23-14-19(26)24-8-10-25(11-9-24)20(27)29-21(3,4)5/h6-7,12,15,23H,8-11,14H2,1-5H3. The number of nitriles is 1. The molecule has 0 aliphatic carbocycles. The van der Waals surface area contributed by atoms with Crippen molar-refractivity contribution in [3.05, 3.63) is 23.8 Å². The van der Waals surface area contributed by atoms with E-state index >= 15 is 0 Å². The Morgan fingerprint density at radius 1 is 1.17 bits per heavy atom. The monoisotopic (exact) mass is 402 g/mol. The minimum absolute atomic E-state index is 0.0277. The summed E-state index contributed by atoms with van der Waals surface area (Å²) < 4.78 is 11.1. The number of carbonyl (C=O) groups is 2. The number of amides is 2. The predicted octanol–water partition coefficient (Wildman–Crippen LogP) is 2.84. The van der Waals surface area contributed by atoms with E-state index in [1.165, 1.54) is 0 Å². The Labute approximate surface area is 172 Å². The zero-order chi connectivity index (χ0) is 21.6. The van der Waals surface area contributed by atoms with Gasteiger partial charge >= 0.3 is 6.09 Å². The molecule has 0 bridgehead atoms. The third-order valence-corrected chi connectivity index (χ3v) is 4.19. The minimum atomic E-state index is -0.540. The highest BCUT2D eigenvalue weighted by molar-refractivity contribution is 5.82. The number of hydrogen-bond donors (Lipinski definition) is 1. The number of benzene rings is 1. The second-order valence-electron chi connectivity index (χ2n) is 8.19. The number of rotatable bonds is 5. The van der Waals surface area contributed by atoms with Crippen LogP contribution < -0.4 is 10.1 Å². The quantitative estimate of drug-likeness (QED) is 0.814. The molecular weight excluding hydrogens is 372 g/mol. The first kappa shape index (κ1) is 22.3. The highest BCUT2D eigenvalue weighted by Gasteiger charge is 2.27. The first-order chi connectivity index (χ1) is 13.6. The summed E-state index contributed by atoms with van der Waals surface area (Å²) in [4.78, 5) is 28.1. The fraction of sp³-hybridized carbons (Fsp3) is 0.571. The molecule has 1 N–H and O–H groups in total. The molecule has 0 atom stereocenters. The molecule has 1 aromatic rings. The van der Waals surface area contributed by atoms with Crippen molar-refractivity contribution in [2.24, 2.45) is 0 Å². The topological polar surface area (TPSA) is 94.9 Å².